The zero-order valence-electron chi connectivity index (χ0n) is 76.6. The van der Waals surface area contributed by atoms with Crippen LogP contribution in [0.4, 0.5) is 0 Å². The number of aromatic amines is 1. The number of aryl methyl sites for hydroxylation is 2. The first-order valence-electron chi connectivity index (χ1n) is 44.3. The predicted octanol–water partition coefficient (Wildman–Crippen LogP) is -0.947. The first-order valence-corrected chi connectivity index (χ1v) is 46.4. The van der Waals surface area contributed by atoms with E-state index in [1.165, 1.54) is 48.5 Å². The van der Waals surface area contributed by atoms with Crippen molar-refractivity contribution in [1.82, 2.24) is 79.4 Å². The standard InChI is InChI=1S/C90H133N21O19S2/c1-50-22-21-25-61-59(49-99-72(50)61)33-36-65-78(120)102-63(27-14-19-41-97-52(3)113)79(121)110-75(89(8,9)132-131-88(6,7)74(100-54(5)115)85(127)107-69(48-71(95)117)82(124)109-73(51(2)112)84(126)103-65)86(128)106-66(45-55-30-34-60(35-31-55)130-43-40-93)80(122)104-67(46-56-29-32-57-23-11-12-24-58(57)44-56)83(125)111-90(10,37-16-18-39-92)87(129)108-64(28-15-20-42-98-53(4)114)77(119)105-68(47-70(94)116)81(123)101-62(76(96)118)26-13-17-38-91/h11-12,21-25,29-32,34-35,44,49,51,62-69,73-75,99,112H,13-20,26-28,33,36-43,45-48,91-93H2,1-10H3,(H2,94,116)(H2,95,117)(H2,96,118)(H,97,113)(H,98,114)(H,100,115)(H,101,123)(H,102,120)(H,103,126)(H,104,122)(H,105,119)(H,106,128)(H,107,127)(H,108,129)(H,109,124)(H,110,121)(H,111,125)/t51-,62-,63+,64+,65+,66+,67+,68+,69+,73+,74-,75-,90+/m1/s1. The van der Waals surface area contributed by atoms with Crippen LogP contribution in [0.5, 0.6) is 5.75 Å². The second-order valence-electron chi connectivity index (χ2n) is 34.4. The molecule has 1 aliphatic rings. The van der Waals surface area contributed by atoms with Crippen molar-refractivity contribution < 1.29 is 91.4 Å². The fraction of sp³-hybridized carbons (Fsp3) is 0.544. The number of rotatable bonds is 47. The molecule has 0 radical (unpaired) electrons. The summed E-state index contributed by atoms with van der Waals surface area (Å²) in [5.41, 5.74) is 35.7. The summed E-state index contributed by atoms with van der Waals surface area (Å²) >= 11 is 0. The van der Waals surface area contributed by atoms with Gasteiger partial charge in [-0.2, -0.15) is 0 Å². The van der Waals surface area contributed by atoms with Gasteiger partial charge in [0.25, 0.3) is 0 Å². The Morgan fingerprint density at radius 2 is 1.09 bits per heavy atom. The molecule has 17 amide bonds. The summed E-state index contributed by atoms with van der Waals surface area (Å²) in [5, 5.41) is 51.1. The summed E-state index contributed by atoms with van der Waals surface area (Å²) in [6, 6.07) is 6.02. The van der Waals surface area contributed by atoms with Crippen LogP contribution in [0.2, 0.25) is 0 Å². The summed E-state index contributed by atoms with van der Waals surface area (Å²) in [7, 11) is 1.82. The number of amides is 17. The Balaban J connectivity index is 1.53. The van der Waals surface area contributed by atoms with E-state index < -0.39 is 189 Å². The molecule has 4 aromatic carbocycles. The highest BCUT2D eigenvalue weighted by atomic mass is 33.1. The number of unbranched alkanes of at least 4 members (excludes halogenated alkanes) is 4. The number of hydrogen-bond acceptors (Lipinski definition) is 24. The van der Waals surface area contributed by atoms with E-state index in [4.69, 9.17) is 39.1 Å². The number of hydrogen-bond donors (Lipinski definition) is 22. The Morgan fingerprint density at radius 1 is 0.538 bits per heavy atom. The number of primary amides is 3. The third-order valence-corrected chi connectivity index (χ3v) is 26.5. The van der Waals surface area contributed by atoms with E-state index in [-0.39, 0.29) is 135 Å². The number of nitrogens with one attached hydrogen (secondary N) is 15. The maximum Gasteiger partial charge on any atom is 0.246 e. The molecule has 0 bridgehead atoms. The van der Waals surface area contributed by atoms with Crippen LogP contribution in [0.3, 0.4) is 0 Å². The summed E-state index contributed by atoms with van der Waals surface area (Å²) < 4.78 is 2.58. The van der Waals surface area contributed by atoms with Gasteiger partial charge in [-0.25, -0.2) is 0 Å². The van der Waals surface area contributed by atoms with E-state index in [2.05, 4.69) is 79.4 Å². The molecule has 28 N–H and O–H groups in total. The fourth-order valence-corrected chi connectivity index (χ4v) is 17.6. The van der Waals surface area contributed by atoms with Gasteiger partial charge >= 0.3 is 0 Å². The van der Waals surface area contributed by atoms with Gasteiger partial charge in [-0.15, -0.1) is 0 Å². The second-order valence-corrected chi connectivity index (χ2v) is 37.8. The van der Waals surface area contributed by atoms with E-state index >= 15 is 28.8 Å². The largest absolute Gasteiger partial charge is 0.492 e. The average molecular weight is 1880 g/mol. The first-order chi connectivity index (χ1) is 62.4. The molecule has 1 aromatic heterocycles. The minimum atomic E-state index is -2.03. The molecule has 1 saturated heterocycles. The van der Waals surface area contributed by atoms with Gasteiger partial charge in [0.05, 0.1) is 18.9 Å². The molecule has 2 heterocycles. The SMILES string of the molecule is CC(=O)NCCCC[C@@H]1NC(=O)[C@H](CCc2c[nH]c3c(C)cccc23)NC(=O)[C@H]([C@@H](C)O)NC(=O)[C@H](CC(N)=O)NC(=O)[C@@H](NC(C)=O)C(C)(C)SSC(C)(C)[C@@H](C(=O)N[C@@H](Cc2ccc(OCCN)cc2)C(=O)N[C@@H](Cc2ccc3ccccc3c2)C(=O)N[C@@](C)(CCCCN)C(=O)N[C@@H](CCCCNC(C)=O)C(=O)N[C@@H](CC(N)=O)C(=O)N[C@H](CCCCN)C(N)=O)NC1=O. The molecule has 13 atom stereocenters. The molecule has 1 fully saturated rings. The van der Waals surface area contributed by atoms with E-state index in [1.807, 2.05) is 43.3 Å². The summed E-state index contributed by atoms with van der Waals surface area (Å²) in [6.45, 7) is 15.2. The lowest BCUT2D eigenvalue weighted by atomic mass is 9.91. The molecule has 724 valence electrons. The number of benzene rings is 4. The number of aliphatic hydroxyl groups excluding tert-OH is 1. The highest BCUT2D eigenvalue weighted by molar-refractivity contribution is 8.77. The highest BCUT2D eigenvalue weighted by Crippen LogP contribution is 2.47. The zero-order chi connectivity index (χ0) is 97.7. The van der Waals surface area contributed by atoms with E-state index in [1.54, 1.807) is 54.7 Å². The van der Waals surface area contributed by atoms with Gasteiger partial charge in [-0.05, 0) is 197 Å². The van der Waals surface area contributed by atoms with Crippen molar-refractivity contribution in [2.24, 2.45) is 34.4 Å². The molecule has 0 saturated carbocycles. The van der Waals surface area contributed by atoms with Gasteiger partial charge in [0.2, 0.25) is 100 Å². The monoisotopic (exact) mass is 1880 g/mol. The lowest BCUT2D eigenvalue weighted by Crippen LogP contribution is -2.65. The van der Waals surface area contributed by atoms with Crippen LogP contribution in [-0.2, 0) is 101 Å². The first kappa shape index (κ1) is 109. The lowest BCUT2D eigenvalue weighted by molar-refractivity contribution is -0.138. The van der Waals surface area contributed by atoms with Crippen LogP contribution in [0, 0.1) is 6.92 Å². The van der Waals surface area contributed by atoms with Crippen LogP contribution in [0.25, 0.3) is 21.7 Å². The quantitative estimate of drug-likeness (QED) is 0.0165. The number of carbonyl (C=O) groups excluding carboxylic acids is 17. The van der Waals surface area contributed by atoms with Gasteiger partial charge in [-0.3, -0.25) is 81.5 Å². The number of aromatic nitrogens is 1. The Morgan fingerprint density at radius 3 is 1.72 bits per heavy atom. The van der Waals surface area contributed by atoms with Crippen molar-refractivity contribution in [3.05, 3.63) is 113 Å². The Labute approximate surface area is 775 Å². The van der Waals surface area contributed by atoms with E-state index in [9.17, 15) is 57.8 Å². The van der Waals surface area contributed by atoms with Crippen molar-refractivity contribution in [3.8, 4) is 5.75 Å². The third kappa shape index (κ3) is 35.0. The summed E-state index contributed by atoms with van der Waals surface area (Å²) in [6.07, 6.45) is -0.960. The molecule has 40 nitrogen and oxygen atoms in total. The normalized spacial score (nSPS) is 19.1. The van der Waals surface area contributed by atoms with E-state index in [0.29, 0.717) is 41.7 Å². The van der Waals surface area contributed by atoms with Crippen molar-refractivity contribution in [2.45, 2.75) is 272 Å². The zero-order valence-corrected chi connectivity index (χ0v) is 78.3. The van der Waals surface area contributed by atoms with Gasteiger partial charge in [0.1, 0.15) is 84.4 Å². The summed E-state index contributed by atoms with van der Waals surface area (Å²) in [5.74, 6) is -15.6. The van der Waals surface area contributed by atoms with Crippen molar-refractivity contribution in [3.63, 3.8) is 0 Å². The number of carbonyl (C=O) groups is 17. The topological polar surface area (TPSA) is 660 Å². The minimum Gasteiger partial charge on any atom is -0.492 e. The Kier molecular flexibility index (Phi) is 43.6. The number of aliphatic hydroxyl groups is 1. The summed E-state index contributed by atoms with van der Waals surface area (Å²) in [4.78, 5) is 247. The van der Waals surface area contributed by atoms with Crippen LogP contribution >= 0.6 is 21.6 Å². The number of para-hydroxylation sites is 1. The second kappa shape index (κ2) is 52.9. The molecule has 0 spiro atoms. The van der Waals surface area contributed by atoms with Gasteiger partial charge in [-0.1, -0.05) is 94.4 Å². The number of ether oxygens (including phenoxy) is 1. The predicted molar refractivity (Wildman–Crippen MR) is 500 cm³/mol. The molecule has 42 heteroatoms. The van der Waals surface area contributed by atoms with Crippen LogP contribution in [0.15, 0.2) is 91.1 Å². The molecular formula is C90H133N21O19S2. The van der Waals surface area contributed by atoms with Crippen molar-refractivity contribution in [1.29, 1.82) is 0 Å². The van der Waals surface area contributed by atoms with Crippen molar-refractivity contribution >= 4 is 144 Å². The third-order valence-electron chi connectivity index (χ3n) is 22.3. The van der Waals surface area contributed by atoms with Gasteiger partial charge in [0.15, 0.2) is 0 Å². The number of nitrogens with two attached hydrogens (primary N) is 6. The van der Waals surface area contributed by atoms with Gasteiger partial charge in [0, 0.05) is 79.8 Å². The highest BCUT2D eigenvalue weighted by Gasteiger charge is 2.47. The van der Waals surface area contributed by atoms with Crippen LogP contribution in [0.1, 0.15) is 181 Å². The molecule has 0 unspecified atom stereocenters. The van der Waals surface area contributed by atoms with Crippen LogP contribution in [-0.4, -0.2) is 237 Å². The Hall–Kier alpha value is -12.0. The van der Waals surface area contributed by atoms with Crippen LogP contribution < -0.4 is 114 Å². The number of fused-ring (bicyclic) bond motifs is 2. The molecule has 5 aromatic rings. The maximum atomic E-state index is 16.4. The Bertz CT molecular complexity index is 4860. The molecular weight excluding hydrogens is 1740 g/mol. The average Bonchev–Trinajstić information content (AvgIpc) is 1.37. The van der Waals surface area contributed by atoms with Gasteiger partial charge < -0.3 is 124 Å². The molecule has 0 aliphatic carbocycles. The molecule has 1 aliphatic heterocycles. The minimum absolute atomic E-state index is 0.0552. The smallest absolute Gasteiger partial charge is 0.246 e. The molecule has 132 heavy (non-hydrogen) atoms. The molecule has 6 rings (SSSR count). The fourth-order valence-electron chi connectivity index (χ4n) is 14.8. The van der Waals surface area contributed by atoms with Crippen molar-refractivity contribution in [2.75, 3.05) is 39.3 Å². The van der Waals surface area contributed by atoms with E-state index in [0.717, 1.165) is 62.7 Å². The maximum absolute atomic E-state index is 16.4. The number of H-pyrrole nitrogens is 1. The lowest BCUT2D eigenvalue weighted by Gasteiger charge is -2.39.